The number of aromatic nitrogens is 2. The lowest BCUT2D eigenvalue weighted by atomic mass is 10.2. The van der Waals surface area contributed by atoms with Crippen LogP contribution in [-0.2, 0) is 11.2 Å². The molecule has 0 aliphatic heterocycles. The maximum atomic E-state index is 12.0. The summed E-state index contributed by atoms with van der Waals surface area (Å²) in [5.41, 5.74) is 1.55. The highest BCUT2D eigenvalue weighted by Crippen LogP contribution is 2.20. The Kier molecular flexibility index (Phi) is 5.47. The van der Waals surface area contributed by atoms with Gasteiger partial charge in [-0.3, -0.25) is 4.79 Å². The number of nitrogens with one attached hydrogen (secondary N) is 1. The molecule has 24 heavy (non-hydrogen) atoms. The highest BCUT2D eigenvalue weighted by Gasteiger charge is 2.11. The van der Waals surface area contributed by atoms with Crippen molar-refractivity contribution in [2.75, 3.05) is 5.32 Å². The summed E-state index contributed by atoms with van der Waals surface area (Å²) in [4.78, 5) is 16.3. The van der Waals surface area contributed by atoms with Gasteiger partial charge in [-0.05, 0) is 59.0 Å². The van der Waals surface area contributed by atoms with Gasteiger partial charge < -0.3 is 9.84 Å². The van der Waals surface area contributed by atoms with Gasteiger partial charge in [0.15, 0.2) is 0 Å². The number of hydrogen-bond donors (Lipinski definition) is 1. The van der Waals surface area contributed by atoms with Crippen LogP contribution in [0.25, 0.3) is 11.4 Å². The van der Waals surface area contributed by atoms with Crippen molar-refractivity contribution < 1.29 is 9.32 Å². The molecule has 3 rings (SSSR count). The number of carbonyl (C=O) groups is 1. The van der Waals surface area contributed by atoms with E-state index in [0.717, 1.165) is 14.8 Å². The van der Waals surface area contributed by atoms with Gasteiger partial charge in [-0.15, -0.1) is 0 Å². The number of nitrogens with zero attached hydrogens (tertiary/aromatic N) is 2. The van der Waals surface area contributed by atoms with E-state index in [1.807, 2.05) is 36.4 Å². The van der Waals surface area contributed by atoms with E-state index in [0.29, 0.717) is 23.2 Å². The van der Waals surface area contributed by atoms with Gasteiger partial charge in [0, 0.05) is 32.7 Å². The van der Waals surface area contributed by atoms with Gasteiger partial charge >= 0.3 is 0 Å². The van der Waals surface area contributed by atoms with E-state index in [-0.39, 0.29) is 12.3 Å². The van der Waals surface area contributed by atoms with Gasteiger partial charge in [0.1, 0.15) is 0 Å². The normalized spacial score (nSPS) is 10.6. The summed E-state index contributed by atoms with van der Waals surface area (Å²) in [6, 6.07) is 14.8. The minimum atomic E-state index is -0.0984. The molecule has 0 saturated carbocycles. The number of halogens is 2. The van der Waals surface area contributed by atoms with Crippen LogP contribution in [0.3, 0.4) is 0 Å². The van der Waals surface area contributed by atoms with Crippen LogP contribution in [0.4, 0.5) is 5.69 Å². The van der Waals surface area contributed by atoms with Crippen LogP contribution in [0.1, 0.15) is 12.3 Å². The van der Waals surface area contributed by atoms with Gasteiger partial charge in [0.05, 0.1) is 0 Å². The second kappa shape index (κ2) is 7.76. The Morgan fingerprint density at radius 1 is 1.21 bits per heavy atom. The molecule has 0 saturated heterocycles. The van der Waals surface area contributed by atoms with E-state index in [9.17, 15) is 4.79 Å². The van der Waals surface area contributed by atoms with Crippen molar-refractivity contribution in [3.8, 4) is 11.4 Å². The van der Waals surface area contributed by atoms with Crippen molar-refractivity contribution in [3.05, 3.63) is 63.0 Å². The molecule has 0 unspecified atom stereocenters. The predicted molar refractivity (Wildman–Crippen MR) is 101 cm³/mol. The molecule has 0 atom stereocenters. The van der Waals surface area contributed by atoms with E-state index in [1.165, 1.54) is 0 Å². The molecule has 2 aromatic carbocycles. The first-order chi connectivity index (χ1) is 11.6. The van der Waals surface area contributed by atoms with Crippen molar-refractivity contribution in [1.29, 1.82) is 0 Å². The van der Waals surface area contributed by atoms with E-state index in [1.54, 1.807) is 12.1 Å². The molecule has 0 aliphatic carbocycles. The molecule has 0 fully saturated rings. The van der Waals surface area contributed by atoms with Gasteiger partial charge in [-0.1, -0.05) is 28.9 Å². The number of benzene rings is 2. The number of anilines is 1. The molecule has 1 aromatic heterocycles. The van der Waals surface area contributed by atoms with Crippen LogP contribution < -0.4 is 5.32 Å². The second-order valence-electron chi connectivity index (χ2n) is 5.08. The number of hydrogen-bond acceptors (Lipinski definition) is 4. The van der Waals surface area contributed by atoms with Gasteiger partial charge in [-0.25, -0.2) is 0 Å². The minimum absolute atomic E-state index is 0.0984. The third-order valence-corrected chi connectivity index (χ3v) is 4.20. The van der Waals surface area contributed by atoms with Gasteiger partial charge in [-0.2, -0.15) is 4.98 Å². The van der Waals surface area contributed by atoms with E-state index in [2.05, 4.69) is 38.0 Å². The Hall–Kier alpha value is -1.93. The van der Waals surface area contributed by atoms with Crippen molar-refractivity contribution in [2.24, 2.45) is 0 Å². The maximum Gasteiger partial charge on any atom is 0.227 e. The fourth-order valence-corrected chi connectivity index (χ4v) is 2.63. The predicted octanol–water partition coefficient (Wildman–Crippen LogP) is 4.57. The first kappa shape index (κ1) is 16.9. The SMILES string of the molecule is O=C(CCc1nc(-c2cccc(Cl)c2)no1)Nc1ccc(I)cc1. The average Bonchev–Trinajstić information content (AvgIpc) is 3.04. The molecule has 0 radical (unpaired) electrons. The largest absolute Gasteiger partial charge is 0.339 e. The van der Waals surface area contributed by atoms with Crippen molar-refractivity contribution in [1.82, 2.24) is 10.1 Å². The zero-order chi connectivity index (χ0) is 16.9. The topological polar surface area (TPSA) is 68.0 Å². The third-order valence-electron chi connectivity index (χ3n) is 3.24. The zero-order valence-electron chi connectivity index (χ0n) is 12.5. The fraction of sp³-hybridized carbons (Fsp3) is 0.118. The summed E-state index contributed by atoms with van der Waals surface area (Å²) in [6.07, 6.45) is 0.646. The Morgan fingerprint density at radius 2 is 2.00 bits per heavy atom. The van der Waals surface area contributed by atoms with E-state index in [4.69, 9.17) is 16.1 Å². The Labute approximate surface area is 157 Å². The van der Waals surface area contributed by atoms with Crippen LogP contribution in [0.5, 0.6) is 0 Å². The number of aryl methyl sites for hydroxylation is 1. The summed E-state index contributed by atoms with van der Waals surface area (Å²) in [6.45, 7) is 0. The van der Waals surface area contributed by atoms with Crippen LogP contribution in [0.2, 0.25) is 5.02 Å². The van der Waals surface area contributed by atoms with Gasteiger partial charge in [0.2, 0.25) is 17.6 Å². The standard InChI is InChI=1S/C17H13ClIN3O2/c18-12-3-1-2-11(10-12)17-21-16(24-22-17)9-8-15(23)20-14-6-4-13(19)5-7-14/h1-7,10H,8-9H2,(H,20,23). The number of amides is 1. The monoisotopic (exact) mass is 453 g/mol. The maximum absolute atomic E-state index is 12.0. The molecule has 0 aliphatic rings. The molecular formula is C17H13ClIN3O2. The van der Waals surface area contributed by atoms with E-state index >= 15 is 0 Å². The summed E-state index contributed by atoms with van der Waals surface area (Å²) in [5, 5.41) is 7.36. The van der Waals surface area contributed by atoms with Crippen LogP contribution in [0, 0.1) is 3.57 Å². The first-order valence-electron chi connectivity index (χ1n) is 7.24. The van der Waals surface area contributed by atoms with Gasteiger partial charge in [0.25, 0.3) is 0 Å². The van der Waals surface area contributed by atoms with Crippen molar-refractivity contribution in [3.63, 3.8) is 0 Å². The summed E-state index contributed by atoms with van der Waals surface area (Å²) < 4.78 is 6.31. The second-order valence-corrected chi connectivity index (χ2v) is 6.76. The lowest BCUT2D eigenvalue weighted by Gasteiger charge is -2.03. The lowest BCUT2D eigenvalue weighted by Crippen LogP contribution is -2.12. The number of rotatable bonds is 5. The molecule has 1 N–H and O–H groups in total. The molecule has 122 valence electrons. The van der Waals surface area contributed by atoms with Crippen LogP contribution in [0.15, 0.2) is 53.1 Å². The molecule has 1 heterocycles. The highest BCUT2D eigenvalue weighted by atomic mass is 127. The third kappa shape index (κ3) is 4.55. The summed E-state index contributed by atoms with van der Waals surface area (Å²) >= 11 is 8.17. The minimum Gasteiger partial charge on any atom is -0.339 e. The molecule has 3 aromatic rings. The quantitative estimate of drug-likeness (QED) is 0.575. The van der Waals surface area contributed by atoms with Crippen molar-refractivity contribution in [2.45, 2.75) is 12.8 Å². The molecular weight excluding hydrogens is 441 g/mol. The number of carbonyl (C=O) groups excluding carboxylic acids is 1. The smallest absolute Gasteiger partial charge is 0.227 e. The highest BCUT2D eigenvalue weighted by molar-refractivity contribution is 14.1. The Balaban J connectivity index is 1.57. The van der Waals surface area contributed by atoms with Crippen LogP contribution in [-0.4, -0.2) is 16.0 Å². The first-order valence-corrected chi connectivity index (χ1v) is 8.70. The molecule has 5 nitrogen and oxygen atoms in total. The molecule has 1 amide bonds. The fourth-order valence-electron chi connectivity index (χ4n) is 2.08. The molecule has 0 spiro atoms. The molecule has 0 bridgehead atoms. The summed E-state index contributed by atoms with van der Waals surface area (Å²) in [7, 11) is 0. The Bertz CT molecular complexity index is 849. The summed E-state index contributed by atoms with van der Waals surface area (Å²) in [5.74, 6) is 0.784. The zero-order valence-corrected chi connectivity index (χ0v) is 15.4. The average molecular weight is 454 g/mol. The van der Waals surface area contributed by atoms with E-state index < -0.39 is 0 Å². The molecule has 7 heteroatoms. The lowest BCUT2D eigenvalue weighted by molar-refractivity contribution is -0.116. The van der Waals surface area contributed by atoms with Crippen molar-refractivity contribution >= 4 is 45.8 Å². The Morgan fingerprint density at radius 3 is 2.75 bits per heavy atom. The van der Waals surface area contributed by atoms with Crippen LogP contribution >= 0.6 is 34.2 Å².